The van der Waals surface area contributed by atoms with Crippen LogP contribution in [0.25, 0.3) is 11.1 Å². The van der Waals surface area contributed by atoms with E-state index in [1.165, 1.54) is 11.3 Å². The van der Waals surface area contributed by atoms with Crippen molar-refractivity contribution in [2.45, 2.75) is 97.7 Å². The van der Waals surface area contributed by atoms with Crippen LogP contribution in [0.3, 0.4) is 0 Å². The Labute approximate surface area is 235 Å². The van der Waals surface area contributed by atoms with Gasteiger partial charge < -0.3 is 4.90 Å². The Morgan fingerprint density at radius 1 is 1.05 bits per heavy atom. The molecule has 1 aliphatic carbocycles. The van der Waals surface area contributed by atoms with Crippen LogP contribution in [0.1, 0.15) is 85.8 Å². The molecule has 0 fully saturated rings. The molecule has 1 unspecified atom stereocenters. The van der Waals surface area contributed by atoms with Crippen LogP contribution < -0.4 is 4.90 Å². The van der Waals surface area contributed by atoms with Gasteiger partial charge in [0.15, 0.2) is 0 Å². The van der Waals surface area contributed by atoms with Gasteiger partial charge in [-0.2, -0.15) is 5.10 Å². The first-order chi connectivity index (χ1) is 18.4. The number of hydrogen-bond acceptors (Lipinski definition) is 2. The first kappa shape index (κ1) is 29.3. The Balaban J connectivity index is 1.80. The van der Waals surface area contributed by atoms with Crippen molar-refractivity contribution in [3.8, 4) is 22.6 Å². The van der Waals surface area contributed by atoms with Crippen LogP contribution in [0.5, 0.6) is 0 Å². The summed E-state index contributed by atoms with van der Waals surface area (Å²) in [5.74, 6) is 3.99. The summed E-state index contributed by atoms with van der Waals surface area (Å²) in [6.45, 7) is 19.4. The van der Waals surface area contributed by atoms with Crippen LogP contribution in [0.4, 0.5) is 14.5 Å². The molecule has 2 aliphatic rings. The Morgan fingerprint density at radius 2 is 1.72 bits per heavy atom. The van der Waals surface area contributed by atoms with Gasteiger partial charge in [0.05, 0.1) is 6.20 Å². The topological polar surface area (TPSA) is 21.1 Å². The van der Waals surface area contributed by atoms with Gasteiger partial charge in [-0.25, -0.2) is 8.78 Å². The molecule has 6 heteroatoms. The highest BCUT2D eigenvalue weighted by molar-refractivity contribution is 6.90. The van der Waals surface area contributed by atoms with E-state index in [-0.39, 0.29) is 5.56 Å². The first-order valence-corrected chi connectivity index (χ1v) is 16.8. The lowest BCUT2D eigenvalue weighted by atomic mass is 9.86. The standard InChI is InChI=1S/C33H45F2N3Si/c1-21(2)39(22(3)4,23(5)6)14-12-26-17-31(25(8)15-24(26)7)38-13-10-11-27-16-29(28-19-36-37(9)20-28)30(33(34)35)18-32(27)38/h16-23,25,33H,10-11,13,15H2,1-9H3. The molecule has 3 nitrogen and oxygen atoms in total. The molecule has 0 radical (unpaired) electrons. The lowest BCUT2D eigenvalue weighted by Crippen LogP contribution is -2.43. The number of aromatic nitrogens is 2. The van der Waals surface area contributed by atoms with Crippen molar-refractivity contribution >= 4 is 13.8 Å². The average Bonchev–Trinajstić information content (AvgIpc) is 3.29. The number of hydrogen-bond donors (Lipinski definition) is 0. The second-order valence-corrected chi connectivity index (χ2v) is 18.1. The smallest absolute Gasteiger partial charge is 0.264 e. The van der Waals surface area contributed by atoms with E-state index in [2.05, 4.69) is 82.9 Å². The van der Waals surface area contributed by atoms with Crippen molar-refractivity contribution in [2.24, 2.45) is 13.0 Å². The van der Waals surface area contributed by atoms with Gasteiger partial charge in [-0.1, -0.05) is 60.0 Å². The summed E-state index contributed by atoms with van der Waals surface area (Å²) in [5, 5.41) is 4.22. The lowest BCUT2D eigenvalue weighted by molar-refractivity contribution is 0.152. The zero-order chi connectivity index (χ0) is 28.6. The molecule has 0 N–H and O–H groups in total. The lowest BCUT2D eigenvalue weighted by Gasteiger charge is -2.39. The molecular weight excluding hydrogens is 504 g/mol. The zero-order valence-corrected chi connectivity index (χ0v) is 26.2. The molecule has 1 aromatic heterocycles. The second kappa shape index (κ2) is 11.5. The van der Waals surface area contributed by atoms with Gasteiger partial charge in [-0.05, 0) is 72.1 Å². The maximum absolute atomic E-state index is 14.4. The number of benzene rings is 1. The monoisotopic (exact) mass is 549 g/mol. The summed E-state index contributed by atoms with van der Waals surface area (Å²) in [6.07, 6.45) is 6.01. The third-order valence-corrected chi connectivity index (χ3v) is 15.4. The quantitative estimate of drug-likeness (QED) is 0.264. The molecule has 0 saturated heterocycles. The largest absolute Gasteiger partial charge is 0.345 e. The van der Waals surface area contributed by atoms with Crippen molar-refractivity contribution in [1.82, 2.24) is 9.78 Å². The summed E-state index contributed by atoms with van der Waals surface area (Å²) in [5.41, 5.74) is 12.7. The molecule has 4 rings (SSSR count). The van der Waals surface area contributed by atoms with Crippen molar-refractivity contribution in [1.29, 1.82) is 0 Å². The Hall–Kier alpha value is -2.65. The highest BCUT2D eigenvalue weighted by Gasteiger charge is 2.42. The normalized spacial score (nSPS) is 18.2. The van der Waals surface area contributed by atoms with Gasteiger partial charge in [0.25, 0.3) is 6.43 Å². The van der Waals surface area contributed by atoms with Crippen LogP contribution in [0, 0.1) is 17.4 Å². The molecule has 0 bridgehead atoms. The minimum absolute atomic E-state index is 0.0750. The van der Waals surface area contributed by atoms with E-state index in [1.54, 1.807) is 16.9 Å². The predicted molar refractivity (Wildman–Crippen MR) is 163 cm³/mol. The number of fused-ring (bicyclic) bond motifs is 1. The molecule has 1 aromatic carbocycles. The highest BCUT2D eigenvalue weighted by Crippen LogP contribution is 2.43. The maximum atomic E-state index is 14.4. The zero-order valence-electron chi connectivity index (χ0n) is 25.2. The van der Waals surface area contributed by atoms with Gasteiger partial charge in [-0.3, -0.25) is 4.68 Å². The van der Waals surface area contributed by atoms with Crippen LogP contribution in [0.2, 0.25) is 16.6 Å². The Kier molecular flexibility index (Phi) is 8.61. The molecular formula is C33H45F2N3Si. The third kappa shape index (κ3) is 5.52. The number of rotatable bonds is 6. The number of alkyl halides is 2. The third-order valence-electron chi connectivity index (χ3n) is 9.08. The van der Waals surface area contributed by atoms with E-state index in [0.29, 0.717) is 28.1 Å². The fourth-order valence-electron chi connectivity index (χ4n) is 7.09. The average molecular weight is 550 g/mol. The maximum Gasteiger partial charge on any atom is 0.264 e. The van der Waals surface area contributed by atoms with Gasteiger partial charge in [-0.15, -0.1) is 5.54 Å². The molecule has 210 valence electrons. The fourth-order valence-corrected chi connectivity index (χ4v) is 12.3. The van der Waals surface area contributed by atoms with Crippen LogP contribution in [-0.2, 0) is 13.5 Å². The molecule has 0 spiro atoms. The number of anilines is 1. The Bertz CT molecular complexity index is 1310. The highest BCUT2D eigenvalue weighted by atomic mass is 28.3. The number of nitrogens with zero attached hydrogens (tertiary/aromatic N) is 3. The van der Waals surface area contributed by atoms with E-state index >= 15 is 0 Å². The summed E-state index contributed by atoms with van der Waals surface area (Å²) >= 11 is 0. The SMILES string of the molecule is CC1=C(C#C[Si](C(C)C)(C(C)C)C(C)C)C=C(N2CCCc3cc(-c4cnn(C)c4)c(C(F)F)cc32)C(C)C1. The van der Waals surface area contributed by atoms with E-state index in [4.69, 9.17) is 0 Å². The molecule has 1 aliphatic heterocycles. The van der Waals surface area contributed by atoms with Crippen molar-refractivity contribution < 1.29 is 8.78 Å². The van der Waals surface area contributed by atoms with E-state index in [9.17, 15) is 8.78 Å². The van der Waals surface area contributed by atoms with Crippen LogP contribution >= 0.6 is 0 Å². The van der Waals surface area contributed by atoms with Crippen molar-refractivity contribution in [3.63, 3.8) is 0 Å². The van der Waals surface area contributed by atoms with Gasteiger partial charge in [0.1, 0.15) is 8.07 Å². The van der Waals surface area contributed by atoms with E-state index in [1.807, 2.05) is 19.3 Å². The molecule has 2 aromatic rings. The number of allylic oxidation sites excluding steroid dienone is 4. The molecule has 0 saturated carbocycles. The molecule has 1 atom stereocenters. The second-order valence-electron chi connectivity index (χ2n) is 12.5. The first-order valence-electron chi connectivity index (χ1n) is 14.5. The predicted octanol–water partition coefficient (Wildman–Crippen LogP) is 9.24. The van der Waals surface area contributed by atoms with Crippen molar-refractivity contribution in [3.05, 3.63) is 58.6 Å². The number of aryl methyl sites for hydroxylation is 2. The van der Waals surface area contributed by atoms with Gasteiger partial charge in [0, 0.05) is 53.8 Å². The summed E-state index contributed by atoms with van der Waals surface area (Å²) in [4.78, 5) is 2.30. The number of halogens is 2. The minimum atomic E-state index is -2.56. The van der Waals surface area contributed by atoms with E-state index < -0.39 is 14.5 Å². The minimum Gasteiger partial charge on any atom is -0.345 e. The van der Waals surface area contributed by atoms with Crippen LogP contribution in [0.15, 0.2) is 47.4 Å². The molecule has 2 heterocycles. The summed E-state index contributed by atoms with van der Waals surface area (Å²) < 4.78 is 30.4. The van der Waals surface area contributed by atoms with Crippen molar-refractivity contribution in [2.75, 3.05) is 11.4 Å². The summed E-state index contributed by atoms with van der Waals surface area (Å²) in [6, 6.07) is 3.71. The van der Waals surface area contributed by atoms with Gasteiger partial charge >= 0.3 is 0 Å². The molecule has 39 heavy (non-hydrogen) atoms. The van der Waals surface area contributed by atoms with Crippen LogP contribution in [-0.4, -0.2) is 24.4 Å². The van der Waals surface area contributed by atoms with E-state index in [0.717, 1.165) is 48.2 Å². The summed E-state index contributed by atoms with van der Waals surface area (Å²) in [7, 11) is -0.0485. The molecule has 0 amide bonds. The Morgan fingerprint density at radius 3 is 2.28 bits per heavy atom. The fraction of sp³-hybridized carbons (Fsp3) is 0.545. The van der Waals surface area contributed by atoms with Gasteiger partial charge in [0.2, 0.25) is 0 Å².